The van der Waals surface area contributed by atoms with Crippen LogP contribution in [-0.4, -0.2) is 36.5 Å². The molecule has 3 nitrogen and oxygen atoms in total. The van der Waals surface area contributed by atoms with Crippen LogP contribution in [0.3, 0.4) is 0 Å². The van der Waals surface area contributed by atoms with E-state index in [0.717, 1.165) is 6.54 Å². The molecule has 3 saturated heterocycles. The second-order valence-electron chi connectivity index (χ2n) is 4.82. The number of hydrogen-bond acceptors (Lipinski definition) is 3. The Morgan fingerprint density at radius 1 is 1.41 bits per heavy atom. The largest absolute Gasteiger partial charge is 0.347 e. The molecule has 0 aliphatic carbocycles. The summed E-state index contributed by atoms with van der Waals surface area (Å²) in [5.74, 6) is 0.694. The predicted octanol–water partition coefficient (Wildman–Crippen LogP) is 2.23. The first-order valence-electron chi connectivity index (χ1n) is 6.01. The second kappa shape index (κ2) is 4.59. The van der Waals surface area contributed by atoms with Crippen LogP contribution >= 0.6 is 22.9 Å². The lowest BCUT2D eigenvalue weighted by Crippen LogP contribution is -2.57. The fraction of sp³-hybridized carbons (Fsp3) is 0.583. The molecule has 3 fully saturated rings. The molecule has 1 amide bonds. The minimum absolute atomic E-state index is 0.0284. The average molecular weight is 271 g/mol. The van der Waals surface area contributed by atoms with Crippen molar-refractivity contribution in [1.29, 1.82) is 0 Å². The Bertz CT molecular complexity index is 426. The second-order valence-corrected chi connectivity index (χ2v) is 6.54. The summed E-state index contributed by atoms with van der Waals surface area (Å²) in [5.41, 5.74) is 0. The van der Waals surface area contributed by atoms with Crippen molar-refractivity contribution in [3.63, 3.8) is 0 Å². The number of fused-ring (bicyclic) bond motifs is 3. The van der Waals surface area contributed by atoms with E-state index in [1.54, 1.807) is 12.1 Å². The lowest BCUT2D eigenvalue weighted by molar-refractivity contribution is 0.0622. The van der Waals surface area contributed by atoms with E-state index in [4.69, 9.17) is 11.6 Å². The van der Waals surface area contributed by atoms with Crippen LogP contribution in [0.5, 0.6) is 0 Å². The first-order chi connectivity index (χ1) is 8.22. The summed E-state index contributed by atoms with van der Waals surface area (Å²) in [7, 11) is 0. The van der Waals surface area contributed by atoms with E-state index in [9.17, 15) is 4.79 Å². The molecule has 1 aromatic rings. The quantitative estimate of drug-likeness (QED) is 0.894. The van der Waals surface area contributed by atoms with Crippen LogP contribution in [0.1, 0.15) is 22.5 Å². The standard InChI is InChI=1S/C12H15ClN2OS/c13-11-2-1-10(17-11)12(16)14-9-7-15-5-3-8(9)4-6-15/h1-2,8-9H,3-7H2,(H,14,16)/t9-/m0/s1. The maximum absolute atomic E-state index is 12.0. The Morgan fingerprint density at radius 3 is 2.71 bits per heavy atom. The van der Waals surface area contributed by atoms with Gasteiger partial charge in [-0.25, -0.2) is 0 Å². The van der Waals surface area contributed by atoms with Gasteiger partial charge in [0.1, 0.15) is 0 Å². The maximum atomic E-state index is 12.0. The van der Waals surface area contributed by atoms with E-state index < -0.39 is 0 Å². The molecule has 0 spiro atoms. The van der Waals surface area contributed by atoms with Gasteiger partial charge in [-0.05, 0) is 44.0 Å². The Balaban J connectivity index is 1.65. The van der Waals surface area contributed by atoms with Crippen molar-refractivity contribution in [1.82, 2.24) is 10.2 Å². The molecular weight excluding hydrogens is 256 g/mol. The zero-order chi connectivity index (χ0) is 11.8. The van der Waals surface area contributed by atoms with Gasteiger partial charge < -0.3 is 10.2 Å². The van der Waals surface area contributed by atoms with Gasteiger partial charge in [-0.2, -0.15) is 0 Å². The number of carbonyl (C=O) groups is 1. The lowest BCUT2D eigenvalue weighted by atomic mass is 9.84. The Kier molecular flexibility index (Phi) is 3.11. The maximum Gasteiger partial charge on any atom is 0.261 e. The fourth-order valence-corrected chi connectivity index (χ4v) is 3.75. The molecule has 3 aliphatic rings. The van der Waals surface area contributed by atoms with Gasteiger partial charge in [0.2, 0.25) is 0 Å². The Morgan fingerprint density at radius 2 is 2.18 bits per heavy atom. The fourth-order valence-electron chi connectivity index (χ4n) is 2.80. The normalized spacial score (nSPS) is 31.5. The van der Waals surface area contributed by atoms with Crippen LogP contribution in [0.4, 0.5) is 0 Å². The molecule has 4 rings (SSSR count). The molecule has 4 heterocycles. The summed E-state index contributed by atoms with van der Waals surface area (Å²) in [6.45, 7) is 3.40. The van der Waals surface area contributed by atoms with Crippen molar-refractivity contribution in [2.24, 2.45) is 5.92 Å². The van der Waals surface area contributed by atoms with Crippen LogP contribution in [0.2, 0.25) is 4.34 Å². The molecule has 0 radical (unpaired) electrons. The molecule has 1 aromatic heterocycles. The van der Waals surface area contributed by atoms with Crippen molar-refractivity contribution in [2.45, 2.75) is 18.9 Å². The molecule has 5 heteroatoms. The lowest BCUT2D eigenvalue weighted by Gasteiger charge is -2.44. The van der Waals surface area contributed by atoms with E-state index >= 15 is 0 Å². The van der Waals surface area contributed by atoms with Gasteiger partial charge in [0, 0.05) is 12.6 Å². The topological polar surface area (TPSA) is 32.3 Å². The molecule has 3 aliphatic heterocycles. The van der Waals surface area contributed by atoms with Gasteiger partial charge in [0.15, 0.2) is 0 Å². The molecular formula is C12H15ClN2OS. The summed E-state index contributed by atoms with van der Waals surface area (Å²) >= 11 is 7.18. The summed E-state index contributed by atoms with van der Waals surface area (Å²) < 4.78 is 0.670. The Hall–Kier alpha value is -0.580. The van der Waals surface area contributed by atoms with Gasteiger partial charge >= 0.3 is 0 Å². The first-order valence-corrected chi connectivity index (χ1v) is 7.20. The predicted molar refractivity (Wildman–Crippen MR) is 69.7 cm³/mol. The first kappa shape index (κ1) is 11.5. The van der Waals surface area contributed by atoms with Crippen LogP contribution in [-0.2, 0) is 0 Å². The minimum atomic E-state index is 0.0284. The molecule has 17 heavy (non-hydrogen) atoms. The van der Waals surface area contributed by atoms with Crippen molar-refractivity contribution < 1.29 is 4.79 Å². The number of hydrogen-bond donors (Lipinski definition) is 1. The van der Waals surface area contributed by atoms with Gasteiger partial charge in [-0.1, -0.05) is 11.6 Å². The summed E-state index contributed by atoms with van der Waals surface area (Å²) in [6, 6.07) is 3.90. The van der Waals surface area contributed by atoms with Crippen LogP contribution in [0.15, 0.2) is 12.1 Å². The van der Waals surface area contributed by atoms with E-state index in [1.165, 1.54) is 37.3 Å². The number of thiophene rings is 1. The van der Waals surface area contributed by atoms with Gasteiger partial charge in [0.25, 0.3) is 5.91 Å². The van der Waals surface area contributed by atoms with E-state index in [-0.39, 0.29) is 5.91 Å². The zero-order valence-electron chi connectivity index (χ0n) is 9.49. The number of halogens is 1. The smallest absolute Gasteiger partial charge is 0.261 e. The number of amides is 1. The molecule has 92 valence electrons. The van der Waals surface area contributed by atoms with E-state index in [2.05, 4.69) is 10.2 Å². The van der Waals surface area contributed by atoms with Crippen LogP contribution < -0.4 is 5.32 Å². The highest BCUT2D eigenvalue weighted by Gasteiger charge is 2.35. The summed E-state index contributed by atoms with van der Waals surface area (Å²) in [5, 5.41) is 3.15. The molecule has 0 unspecified atom stereocenters. The summed E-state index contributed by atoms with van der Waals surface area (Å²) in [4.78, 5) is 15.2. The highest BCUT2D eigenvalue weighted by molar-refractivity contribution is 7.17. The van der Waals surface area contributed by atoms with Crippen molar-refractivity contribution in [2.75, 3.05) is 19.6 Å². The number of piperidine rings is 3. The highest BCUT2D eigenvalue weighted by Crippen LogP contribution is 2.28. The third-order valence-electron chi connectivity index (χ3n) is 3.77. The number of carbonyl (C=O) groups excluding carboxylic acids is 1. The SMILES string of the molecule is O=C(N[C@H]1CN2CCC1CC2)c1ccc(Cl)s1. The van der Waals surface area contributed by atoms with E-state index in [1.807, 2.05) is 0 Å². The van der Waals surface area contributed by atoms with Crippen LogP contribution in [0, 0.1) is 5.92 Å². The molecule has 1 atom stereocenters. The van der Waals surface area contributed by atoms with E-state index in [0.29, 0.717) is 21.2 Å². The molecule has 0 saturated carbocycles. The van der Waals surface area contributed by atoms with Gasteiger partial charge in [-0.15, -0.1) is 11.3 Å². The van der Waals surface area contributed by atoms with Crippen molar-refractivity contribution in [3.05, 3.63) is 21.3 Å². The van der Waals surface area contributed by atoms with Gasteiger partial charge in [-0.3, -0.25) is 4.79 Å². The van der Waals surface area contributed by atoms with Crippen molar-refractivity contribution >= 4 is 28.8 Å². The number of nitrogens with zero attached hydrogens (tertiary/aromatic N) is 1. The summed E-state index contributed by atoms with van der Waals surface area (Å²) in [6.07, 6.45) is 2.44. The third kappa shape index (κ3) is 2.34. The number of nitrogens with one attached hydrogen (secondary N) is 1. The molecule has 1 N–H and O–H groups in total. The number of rotatable bonds is 2. The van der Waals surface area contributed by atoms with Crippen molar-refractivity contribution in [3.8, 4) is 0 Å². The minimum Gasteiger partial charge on any atom is -0.347 e. The monoisotopic (exact) mass is 270 g/mol. The highest BCUT2D eigenvalue weighted by atomic mass is 35.5. The Labute approximate surface area is 110 Å². The zero-order valence-corrected chi connectivity index (χ0v) is 11.1. The average Bonchev–Trinajstić information content (AvgIpc) is 2.77. The molecule has 2 bridgehead atoms. The molecule has 0 aromatic carbocycles. The van der Waals surface area contributed by atoms with Gasteiger partial charge in [0.05, 0.1) is 9.21 Å². The van der Waals surface area contributed by atoms with Crippen LogP contribution in [0.25, 0.3) is 0 Å². The third-order valence-corrected chi connectivity index (χ3v) is 5.00.